The molecule has 0 atom stereocenters. The minimum atomic E-state index is -0.405. The van der Waals surface area contributed by atoms with Crippen molar-refractivity contribution in [3.63, 3.8) is 0 Å². The third-order valence-electron chi connectivity index (χ3n) is 4.80. The van der Waals surface area contributed by atoms with Crippen LogP contribution in [0.25, 0.3) is 16.4 Å². The molecule has 3 aromatic rings. The van der Waals surface area contributed by atoms with Crippen LogP contribution >= 0.6 is 11.3 Å². The Hall–Kier alpha value is -2.90. The molecule has 0 saturated heterocycles. The van der Waals surface area contributed by atoms with E-state index in [2.05, 4.69) is 18.7 Å². The smallest absolute Gasteiger partial charge is 0.396 e. The molecule has 0 spiro atoms. The van der Waals surface area contributed by atoms with Gasteiger partial charge in [0.1, 0.15) is 18.1 Å². The van der Waals surface area contributed by atoms with E-state index in [4.69, 9.17) is 13.9 Å². The number of allylic oxidation sites excluding steroid dienone is 1. The molecule has 30 heavy (non-hydrogen) atoms. The molecule has 0 unspecified atom stereocenters. The first-order valence-electron chi connectivity index (χ1n) is 9.83. The highest BCUT2D eigenvalue weighted by atomic mass is 32.1. The molecule has 0 aliphatic heterocycles. The average molecular weight is 428 g/mol. The van der Waals surface area contributed by atoms with Crippen LogP contribution in [0.5, 0.6) is 11.5 Å². The molecule has 0 aliphatic rings. The first kappa shape index (κ1) is 21.8. The van der Waals surface area contributed by atoms with Gasteiger partial charge in [0, 0.05) is 12.6 Å². The highest BCUT2D eigenvalue weighted by Crippen LogP contribution is 2.29. The van der Waals surface area contributed by atoms with Crippen LogP contribution in [0.3, 0.4) is 0 Å². The van der Waals surface area contributed by atoms with Crippen LogP contribution in [0.2, 0.25) is 0 Å². The molecule has 0 fully saturated rings. The molecule has 0 saturated carbocycles. The number of carbonyl (C=O) groups excluding carboxylic acids is 1. The second-order valence-corrected chi connectivity index (χ2v) is 7.57. The average Bonchev–Trinajstić information content (AvgIpc) is 3.13. The molecule has 1 heterocycles. The first-order valence-corrected chi connectivity index (χ1v) is 10.6. The zero-order valence-corrected chi connectivity index (χ0v) is 18.2. The summed E-state index contributed by atoms with van der Waals surface area (Å²) in [7, 11) is 1.61. The van der Waals surface area contributed by atoms with Gasteiger partial charge < -0.3 is 18.8 Å². The highest BCUT2D eigenvalue weighted by molar-refractivity contribution is 7.16. The Morgan fingerprint density at radius 1 is 1.17 bits per heavy atom. The van der Waals surface area contributed by atoms with E-state index in [-0.39, 0.29) is 5.78 Å². The van der Waals surface area contributed by atoms with E-state index in [1.165, 1.54) is 6.08 Å². The van der Waals surface area contributed by atoms with Gasteiger partial charge in [-0.25, -0.2) is 4.79 Å². The molecule has 0 bridgehead atoms. The van der Waals surface area contributed by atoms with E-state index in [1.807, 2.05) is 24.3 Å². The van der Waals surface area contributed by atoms with E-state index in [9.17, 15) is 9.59 Å². The van der Waals surface area contributed by atoms with Gasteiger partial charge in [-0.05, 0) is 42.9 Å². The van der Waals surface area contributed by atoms with Gasteiger partial charge in [-0.2, -0.15) is 0 Å². The van der Waals surface area contributed by atoms with Gasteiger partial charge in [0.2, 0.25) is 0 Å². The lowest BCUT2D eigenvalue weighted by atomic mass is 10.1. The van der Waals surface area contributed by atoms with Gasteiger partial charge >= 0.3 is 4.94 Å². The quantitative estimate of drug-likeness (QED) is 0.351. The number of nitrogens with zero attached hydrogens (tertiary/aromatic N) is 1. The Balaban J connectivity index is 1.84. The number of benzene rings is 2. The van der Waals surface area contributed by atoms with Gasteiger partial charge in [-0.3, -0.25) is 4.79 Å². The number of hydrogen-bond acceptors (Lipinski definition) is 7. The van der Waals surface area contributed by atoms with Crippen LogP contribution in [0.1, 0.15) is 29.8 Å². The molecule has 2 aromatic carbocycles. The molecular formula is C23H25NO5S. The predicted octanol–water partition coefficient (Wildman–Crippen LogP) is 4.48. The maximum atomic E-state index is 12.9. The van der Waals surface area contributed by atoms with E-state index in [0.717, 1.165) is 42.3 Å². The minimum Gasteiger partial charge on any atom is -0.497 e. The highest BCUT2D eigenvalue weighted by Gasteiger charge is 2.15. The molecule has 0 amide bonds. The second-order valence-electron chi connectivity index (χ2n) is 6.60. The third kappa shape index (κ3) is 5.37. The fourth-order valence-corrected chi connectivity index (χ4v) is 3.70. The summed E-state index contributed by atoms with van der Waals surface area (Å²) in [6, 6.07) is 10.7. The molecule has 158 valence electrons. The molecule has 3 rings (SSSR count). The number of ether oxygens (including phenoxy) is 2. The van der Waals surface area contributed by atoms with Crippen molar-refractivity contribution in [1.29, 1.82) is 0 Å². The summed E-state index contributed by atoms with van der Waals surface area (Å²) in [6.45, 7) is 7.21. The largest absolute Gasteiger partial charge is 0.497 e. The zero-order valence-electron chi connectivity index (χ0n) is 17.3. The lowest BCUT2D eigenvalue weighted by Gasteiger charge is -2.18. The summed E-state index contributed by atoms with van der Waals surface area (Å²) in [5, 5.41) is 0. The summed E-state index contributed by atoms with van der Waals surface area (Å²) in [5.74, 6) is 0.967. The van der Waals surface area contributed by atoms with Gasteiger partial charge in [-0.15, -0.1) is 0 Å². The van der Waals surface area contributed by atoms with Gasteiger partial charge in [-0.1, -0.05) is 43.4 Å². The van der Waals surface area contributed by atoms with Crippen molar-refractivity contribution in [2.75, 3.05) is 33.4 Å². The monoisotopic (exact) mass is 427 g/mol. The third-order valence-corrected chi connectivity index (χ3v) is 5.59. The number of likely N-dealkylation sites (N-methyl/N-ethyl adjacent to an activating group) is 1. The topological polar surface area (TPSA) is 69.0 Å². The second kappa shape index (κ2) is 10.2. The molecule has 0 N–H and O–H groups in total. The van der Waals surface area contributed by atoms with Gasteiger partial charge in [0.05, 0.1) is 17.4 Å². The molecule has 0 radical (unpaired) electrons. The number of methoxy groups -OCH3 is 1. The number of fused-ring (bicyclic) bond motifs is 1. The summed E-state index contributed by atoms with van der Waals surface area (Å²) in [6.07, 6.45) is 3.24. The zero-order chi connectivity index (χ0) is 21.5. The van der Waals surface area contributed by atoms with Crippen LogP contribution in [0.4, 0.5) is 0 Å². The maximum Gasteiger partial charge on any atom is 0.396 e. The van der Waals surface area contributed by atoms with E-state index in [0.29, 0.717) is 28.2 Å². The molecular weight excluding hydrogens is 402 g/mol. The Morgan fingerprint density at radius 2 is 1.90 bits per heavy atom. The van der Waals surface area contributed by atoms with E-state index in [1.54, 1.807) is 25.3 Å². The fraction of sp³-hybridized carbons (Fsp3) is 0.304. The Labute approximate surface area is 179 Å². The normalized spacial score (nSPS) is 11.5. The van der Waals surface area contributed by atoms with Crippen molar-refractivity contribution in [2.24, 2.45) is 0 Å². The fourth-order valence-electron chi connectivity index (χ4n) is 3.01. The number of ketones is 1. The van der Waals surface area contributed by atoms with Crippen molar-refractivity contribution < 1.29 is 18.7 Å². The number of hydrogen-bond donors (Lipinski definition) is 0. The Bertz CT molecular complexity index is 1080. The summed E-state index contributed by atoms with van der Waals surface area (Å²) >= 11 is 0.971. The summed E-state index contributed by atoms with van der Waals surface area (Å²) < 4.78 is 16.9. The van der Waals surface area contributed by atoms with Crippen molar-refractivity contribution in [2.45, 2.75) is 13.8 Å². The van der Waals surface area contributed by atoms with Crippen molar-refractivity contribution in [3.05, 3.63) is 63.3 Å². The lowest BCUT2D eigenvalue weighted by Crippen LogP contribution is -2.28. The maximum absolute atomic E-state index is 12.9. The van der Waals surface area contributed by atoms with Gasteiger partial charge in [0.15, 0.2) is 11.4 Å². The number of rotatable bonds is 10. The van der Waals surface area contributed by atoms with Crippen LogP contribution in [-0.4, -0.2) is 44.0 Å². The standard InChI is InChI=1S/C23H25NO5S/c1-4-24(5-2)12-13-28-20-15-21-22(30-23(26)29-21)14-18(20)19(25)11-8-16-6-9-17(27-3)10-7-16/h6-11,14-15H,4-5,12-13H2,1-3H3/b11-8+. The van der Waals surface area contributed by atoms with Crippen LogP contribution < -0.4 is 14.4 Å². The molecule has 0 aliphatic carbocycles. The predicted molar refractivity (Wildman–Crippen MR) is 120 cm³/mol. The lowest BCUT2D eigenvalue weighted by molar-refractivity contribution is 0.104. The Kier molecular flexibility index (Phi) is 7.43. The molecule has 1 aromatic heterocycles. The summed E-state index contributed by atoms with van der Waals surface area (Å²) in [5.41, 5.74) is 1.71. The van der Waals surface area contributed by atoms with Crippen molar-refractivity contribution in [3.8, 4) is 11.5 Å². The first-order chi connectivity index (χ1) is 14.5. The van der Waals surface area contributed by atoms with Crippen LogP contribution in [0, 0.1) is 0 Å². The number of carbonyl (C=O) groups is 1. The van der Waals surface area contributed by atoms with Crippen LogP contribution in [-0.2, 0) is 0 Å². The van der Waals surface area contributed by atoms with Crippen molar-refractivity contribution >= 4 is 33.5 Å². The van der Waals surface area contributed by atoms with Crippen molar-refractivity contribution in [1.82, 2.24) is 4.90 Å². The SMILES string of the molecule is CCN(CC)CCOc1cc2oc(=O)sc2cc1C(=O)/C=C/c1ccc(OC)cc1. The molecule has 6 nitrogen and oxygen atoms in total. The summed E-state index contributed by atoms with van der Waals surface area (Å²) in [4.78, 5) is 26.4. The Morgan fingerprint density at radius 3 is 2.57 bits per heavy atom. The molecule has 7 heteroatoms. The minimum absolute atomic E-state index is 0.202. The van der Waals surface area contributed by atoms with Crippen LogP contribution in [0.15, 0.2) is 51.7 Å². The van der Waals surface area contributed by atoms with E-state index >= 15 is 0 Å². The van der Waals surface area contributed by atoms with Gasteiger partial charge in [0.25, 0.3) is 0 Å². The van der Waals surface area contributed by atoms with E-state index < -0.39 is 4.94 Å².